The molecule has 0 bridgehead atoms. The molecule has 0 saturated carbocycles. The second-order valence-corrected chi connectivity index (χ2v) is 7.53. The highest BCUT2D eigenvalue weighted by atomic mass is 35.5. The summed E-state index contributed by atoms with van der Waals surface area (Å²) in [7, 11) is -3.15. The van der Waals surface area contributed by atoms with E-state index in [9.17, 15) is 22.0 Å². The van der Waals surface area contributed by atoms with Gasteiger partial charge < -0.3 is 4.90 Å². The van der Waals surface area contributed by atoms with Crippen LogP contribution < -0.4 is 0 Å². The van der Waals surface area contributed by atoms with E-state index in [2.05, 4.69) is 0 Å². The Hall–Kier alpha value is -1.21. The summed E-state index contributed by atoms with van der Waals surface area (Å²) < 4.78 is 49.4. The minimum absolute atomic E-state index is 0.0208. The summed E-state index contributed by atoms with van der Waals surface area (Å²) in [5.74, 6) is -3.00. The van der Waals surface area contributed by atoms with Gasteiger partial charge in [-0.25, -0.2) is 17.2 Å². The van der Waals surface area contributed by atoms with Crippen LogP contribution in [0.3, 0.4) is 0 Å². The number of benzene rings is 1. The van der Waals surface area contributed by atoms with E-state index in [0.29, 0.717) is 6.42 Å². The average molecular weight is 338 g/mol. The molecule has 116 valence electrons. The summed E-state index contributed by atoms with van der Waals surface area (Å²) in [4.78, 5) is 13.8. The molecule has 1 aliphatic rings. The van der Waals surface area contributed by atoms with E-state index < -0.39 is 33.4 Å². The fraction of sp³-hybridized carbons (Fsp3) is 0.462. The van der Waals surface area contributed by atoms with Crippen LogP contribution in [0.25, 0.3) is 0 Å². The van der Waals surface area contributed by atoms with Crippen LogP contribution in [0.5, 0.6) is 0 Å². The van der Waals surface area contributed by atoms with Gasteiger partial charge >= 0.3 is 0 Å². The SMILES string of the molecule is CCN(C(=O)c1cc(F)c(F)cc1Cl)C1CCS(=O)(=O)C1. The molecule has 8 heteroatoms. The molecule has 2 rings (SSSR count). The highest BCUT2D eigenvalue weighted by Crippen LogP contribution is 2.25. The van der Waals surface area contributed by atoms with Crippen LogP contribution in [0.15, 0.2) is 12.1 Å². The number of nitrogens with zero attached hydrogens (tertiary/aromatic N) is 1. The van der Waals surface area contributed by atoms with Crippen molar-refractivity contribution < 1.29 is 22.0 Å². The molecule has 1 aliphatic heterocycles. The molecule has 0 N–H and O–H groups in total. The maximum atomic E-state index is 13.3. The van der Waals surface area contributed by atoms with Crippen molar-refractivity contribution in [1.29, 1.82) is 0 Å². The van der Waals surface area contributed by atoms with E-state index in [1.807, 2.05) is 0 Å². The smallest absolute Gasteiger partial charge is 0.255 e. The molecule has 1 saturated heterocycles. The molecule has 1 unspecified atom stereocenters. The number of amides is 1. The van der Waals surface area contributed by atoms with Gasteiger partial charge in [0.2, 0.25) is 0 Å². The number of carbonyl (C=O) groups excluding carboxylic acids is 1. The summed E-state index contributed by atoms with van der Waals surface area (Å²) in [5.41, 5.74) is -0.165. The number of rotatable bonds is 3. The van der Waals surface area contributed by atoms with Crippen molar-refractivity contribution in [1.82, 2.24) is 4.90 Å². The van der Waals surface area contributed by atoms with Gasteiger partial charge in [0.05, 0.1) is 22.1 Å². The quantitative estimate of drug-likeness (QED) is 0.795. The Morgan fingerprint density at radius 2 is 2.00 bits per heavy atom. The Balaban J connectivity index is 2.31. The second-order valence-electron chi connectivity index (χ2n) is 4.89. The maximum Gasteiger partial charge on any atom is 0.255 e. The Morgan fingerprint density at radius 3 is 2.52 bits per heavy atom. The maximum absolute atomic E-state index is 13.3. The van der Waals surface area contributed by atoms with E-state index in [0.717, 1.165) is 12.1 Å². The number of sulfone groups is 1. The topological polar surface area (TPSA) is 54.5 Å². The highest BCUT2D eigenvalue weighted by molar-refractivity contribution is 7.91. The first-order valence-corrected chi connectivity index (χ1v) is 8.61. The van der Waals surface area contributed by atoms with Crippen LogP contribution in [-0.2, 0) is 9.84 Å². The first-order chi connectivity index (χ1) is 9.75. The van der Waals surface area contributed by atoms with Crippen LogP contribution in [0, 0.1) is 11.6 Å². The minimum atomic E-state index is -3.15. The first kappa shape index (κ1) is 16.2. The summed E-state index contributed by atoms with van der Waals surface area (Å²) in [6, 6.07) is 1.02. The van der Waals surface area contributed by atoms with E-state index in [1.54, 1.807) is 6.92 Å². The lowest BCUT2D eigenvalue weighted by Gasteiger charge is -2.27. The largest absolute Gasteiger partial charge is 0.335 e. The molecule has 0 aliphatic carbocycles. The number of halogens is 3. The zero-order chi connectivity index (χ0) is 15.8. The predicted octanol–water partition coefficient (Wildman–Crippen LogP) is 2.27. The van der Waals surface area contributed by atoms with Crippen LogP contribution in [0.4, 0.5) is 8.78 Å². The van der Waals surface area contributed by atoms with Gasteiger partial charge in [-0.15, -0.1) is 0 Å². The monoisotopic (exact) mass is 337 g/mol. The third-order valence-electron chi connectivity index (χ3n) is 3.49. The van der Waals surface area contributed by atoms with Crippen molar-refractivity contribution in [3.8, 4) is 0 Å². The van der Waals surface area contributed by atoms with E-state index in [4.69, 9.17) is 11.6 Å². The van der Waals surface area contributed by atoms with E-state index in [1.165, 1.54) is 4.90 Å². The molecular formula is C13H14ClF2NO3S. The summed E-state index contributed by atoms with van der Waals surface area (Å²) in [6.45, 7) is 1.95. The van der Waals surface area contributed by atoms with Gasteiger partial charge in [-0.05, 0) is 25.5 Å². The highest BCUT2D eigenvalue weighted by Gasteiger charge is 2.35. The van der Waals surface area contributed by atoms with E-state index in [-0.39, 0.29) is 28.6 Å². The average Bonchev–Trinajstić information content (AvgIpc) is 2.75. The Labute approximate surface area is 126 Å². The van der Waals surface area contributed by atoms with Gasteiger partial charge in [0.25, 0.3) is 5.91 Å². The van der Waals surface area contributed by atoms with Crippen molar-refractivity contribution in [2.75, 3.05) is 18.1 Å². The second kappa shape index (κ2) is 5.88. The summed E-state index contributed by atoms with van der Waals surface area (Å²) in [5, 5.41) is -0.196. The van der Waals surface area contributed by atoms with Gasteiger partial charge in [0.1, 0.15) is 0 Å². The number of hydrogen-bond acceptors (Lipinski definition) is 3. The molecule has 1 atom stereocenters. The third kappa shape index (κ3) is 3.35. The molecule has 1 amide bonds. The van der Waals surface area contributed by atoms with E-state index >= 15 is 0 Å². The Kier molecular flexibility index (Phi) is 4.53. The van der Waals surface area contributed by atoms with Gasteiger partial charge in [-0.1, -0.05) is 11.6 Å². The third-order valence-corrected chi connectivity index (χ3v) is 5.55. The molecule has 4 nitrogen and oxygen atoms in total. The standard InChI is InChI=1S/C13H14ClF2NO3S/c1-2-17(8-3-4-21(19,20)7-8)13(18)9-5-11(15)12(16)6-10(9)14/h5-6,8H,2-4,7H2,1H3. The minimum Gasteiger partial charge on any atom is -0.335 e. The zero-order valence-corrected chi connectivity index (χ0v) is 12.8. The van der Waals surface area contributed by atoms with Crippen LogP contribution in [-0.4, -0.2) is 43.3 Å². The van der Waals surface area contributed by atoms with Crippen molar-refractivity contribution in [3.05, 3.63) is 34.4 Å². The van der Waals surface area contributed by atoms with Crippen molar-refractivity contribution >= 4 is 27.3 Å². The Morgan fingerprint density at radius 1 is 1.38 bits per heavy atom. The van der Waals surface area contributed by atoms with Crippen molar-refractivity contribution in [3.63, 3.8) is 0 Å². The Bertz CT molecular complexity index is 678. The molecule has 0 radical (unpaired) electrons. The summed E-state index contributed by atoms with van der Waals surface area (Å²) >= 11 is 5.79. The fourth-order valence-electron chi connectivity index (χ4n) is 2.43. The van der Waals surface area contributed by atoms with Gasteiger partial charge in [-0.2, -0.15) is 0 Å². The molecule has 1 aromatic carbocycles. The lowest BCUT2D eigenvalue weighted by atomic mass is 10.1. The lowest BCUT2D eigenvalue weighted by molar-refractivity contribution is 0.0708. The van der Waals surface area contributed by atoms with Crippen LogP contribution in [0.1, 0.15) is 23.7 Å². The molecule has 1 aromatic rings. The van der Waals surface area contributed by atoms with Gasteiger partial charge in [-0.3, -0.25) is 4.79 Å². The fourth-order valence-corrected chi connectivity index (χ4v) is 4.39. The normalized spacial score (nSPS) is 20.5. The van der Waals surface area contributed by atoms with Crippen LogP contribution in [0.2, 0.25) is 5.02 Å². The molecule has 1 heterocycles. The number of hydrogen-bond donors (Lipinski definition) is 0. The molecular weight excluding hydrogens is 324 g/mol. The molecule has 21 heavy (non-hydrogen) atoms. The van der Waals surface area contributed by atoms with Crippen molar-refractivity contribution in [2.45, 2.75) is 19.4 Å². The summed E-state index contributed by atoms with van der Waals surface area (Å²) in [6.07, 6.45) is 0.337. The van der Waals surface area contributed by atoms with Gasteiger partial charge in [0, 0.05) is 12.6 Å². The molecule has 0 aromatic heterocycles. The van der Waals surface area contributed by atoms with Gasteiger partial charge in [0.15, 0.2) is 21.5 Å². The molecule has 0 spiro atoms. The zero-order valence-electron chi connectivity index (χ0n) is 11.3. The predicted molar refractivity (Wildman–Crippen MR) is 75.1 cm³/mol. The van der Waals surface area contributed by atoms with Crippen molar-refractivity contribution in [2.24, 2.45) is 0 Å². The van der Waals surface area contributed by atoms with Crippen LogP contribution >= 0.6 is 11.6 Å². The molecule has 1 fully saturated rings. The lowest BCUT2D eigenvalue weighted by Crippen LogP contribution is -2.41. The first-order valence-electron chi connectivity index (χ1n) is 6.41. The number of carbonyl (C=O) groups is 1.